The van der Waals surface area contributed by atoms with Gasteiger partial charge >= 0.3 is 0 Å². The van der Waals surface area contributed by atoms with Crippen molar-refractivity contribution in [2.75, 3.05) is 0 Å². The van der Waals surface area contributed by atoms with Gasteiger partial charge in [0.1, 0.15) is 5.75 Å². The predicted molar refractivity (Wildman–Crippen MR) is 75.9 cm³/mol. The molecule has 2 rings (SSSR count). The third-order valence-electron chi connectivity index (χ3n) is 2.78. The number of nitrogens with two attached hydrogens (primary N) is 1. The van der Waals surface area contributed by atoms with Crippen molar-refractivity contribution in [3.63, 3.8) is 0 Å². The second kappa shape index (κ2) is 5.80. The highest BCUT2D eigenvalue weighted by Crippen LogP contribution is 2.26. The summed E-state index contributed by atoms with van der Waals surface area (Å²) >= 11 is 0. The third kappa shape index (κ3) is 3.09. The fourth-order valence-electron chi connectivity index (χ4n) is 1.94. The van der Waals surface area contributed by atoms with E-state index in [1.807, 2.05) is 32.9 Å². The predicted octanol–water partition coefficient (Wildman–Crippen LogP) is 2.70. The van der Waals surface area contributed by atoms with Crippen LogP contribution in [0.5, 0.6) is 5.75 Å². The van der Waals surface area contributed by atoms with Gasteiger partial charge in [-0.1, -0.05) is 0 Å². The van der Waals surface area contributed by atoms with E-state index in [1.165, 1.54) is 0 Å². The fraction of sp³-hybridized carbons (Fsp3) is 0.333. The first-order chi connectivity index (χ1) is 9.11. The van der Waals surface area contributed by atoms with Gasteiger partial charge in [-0.15, -0.1) is 0 Å². The fourth-order valence-corrected chi connectivity index (χ4v) is 1.94. The Hall–Kier alpha value is -1.94. The Balaban J connectivity index is 2.39. The average Bonchev–Trinajstić information content (AvgIpc) is 2.40. The maximum atomic E-state index is 5.73. The van der Waals surface area contributed by atoms with Crippen LogP contribution in [0, 0.1) is 6.92 Å². The van der Waals surface area contributed by atoms with Crippen molar-refractivity contribution in [2.45, 2.75) is 33.4 Å². The maximum absolute atomic E-state index is 5.73. The van der Waals surface area contributed by atoms with Gasteiger partial charge in [0.05, 0.1) is 17.5 Å². The summed E-state index contributed by atoms with van der Waals surface area (Å²) in [7, 11) is 0. The molecule has 0 amide bonds. The van der Waals surface area contributed by atoms with E-state index in [2.05, 4.69) is 16.0 Å². The van der Waals surface area contributed by atoms with Gasteiger partial charge < -0.3 is 10.5 Å². The number of hydrogen-bond acceptors (Lipinski definition) is 4. The quantitative estimate of drug-likeness (QED) is 0.914. The summed E-state index contributed by atoms with van der Waals surface area (Å²) in [5.74, 6) is 0.900. The molecule has 0 unspecified atom stereocenters. The van der Waals surface area contributed by atoms with Crippen LogP contribution in [0.4, 0.5) is 0 Å². The molecule has 100 valence electrons. The number of ether oxygens (including phenoxy) is 1. The van der Waals surface area contributed by atoms with Crippen LogP contribution in [0.25, 0.3) is 11.3 Å². The van der Waals surface area contributed by atoms with Gasteiger partial charge in [0, 0.05) is 24.5 Å². The molecule has 0 saturated heterocycles. The second-order valence-electron chi connectivity index (χ2n) is 4.70. The van der Waals surface area contributed by atoms with E-state index in [-0.39, 0.29) is 6.10 Å². The van der Waals surface area contributed by atoms with E-state index < -0.39 is 0 Å². The molecule has 0 aliphatic carbocycles. The molecule has 0 atom stereocenters. The minimum atomic E-state index is 0.167. The summed E-state index contributed by atoms with van der Waals surface area (Å²) in [6.07, 6.45) is 3.51. The molecule has 0 fully saturated rings. The number of aromatic nitrogens is 2. The summed E-state index contributed by atoms with van der Waals surface area (Å²) < 4.78 is 5.73. The molecule has 1 heterocycles. The number of rotatable bonds is 4. The molecular formula is C15H19N3O. The Morgan fingerprint density at radius 3 is 2.58 bits per heavy atom. The maximum Gasteiger partial charge on any atom is 0.122 e. The Bertz CT molecular complexity index is 567. The summed E-state index contributed by atoms with van der Waals surface area (Å²) in [5, 5.41) is 0. The molecule has 4 nitrogen and oxygen atoms in total. The molecule has 0 spiro atoms. The zero-order valence-electron chi connectivity index (χ0n) is 11.6. The Morgan fingerprint density at radius 2 is 1.95 bits per heavy atom. The lowest BCUT2D eigenvalue weighted by molar-refractivity contribution is 0.241. The monoisotopic (exact) mass is 257 g/mol. The molecule has 2 N–H and O–H groups in total. The molecule has 0 radical (unpaired) electrons. The summed E-state index contributed by atoms with van der Waals surface area (Å²) in [6, 6.07) is 6.02. The standard InChI is InChI=1S/C15H19N3O/c1-10(2)19-14-5-4-12(8-11(14)3)15-13(9-16)17-6-7-18-15/h4-8,10H,9,16H2,1-3H3. The normalized spacial score (nSPS) is 10.8. The molecular weight excluding hydrogens is 238 g/mol. The van der Waals surface area contributed by atoms with Gasteiger partial charge in [-0.3, -0.25) is 9.97 Å². The van der Waals surface area contributed by atoms with Crippen molar-refractivity contribution in [2.24, 2.45) is 5.73 Å². The summed E-state index contributed by atoms with van der Waals surface area (Å²) in [6.45, 7) is 6.44. The summed E-state index contributed by atoms with van der Waals surface area (Å²) in [4.78, 5) is 8.62. The van der Waals surface area contributed by atoms with Crippen molar-refractivity contribution in [3.05, 3.63) is 41.9 Å². The van der Waals surface area contributed by atoms with Gasteiger partial charge in [0.25, 0.3) is 0 Å². The van der Waals surface area contributed by atoms with E-state index >= 15 is 0 Å². The summed E-state index contributed by atoms with van der Waals surface area (Å²) in [5.41, 5.74) is 9.44. The topological polar surface area (TPSA) is 61.0 Å². The van der Waals surface area contributed by atoms with Crippen molar-refractivity contribution in [1.82, 2.24) is 9.97 Å². The van der Waals surface area contributed by atoms with Gasteiger partial charge in [0.15, 0.2) is 0 Å². The van der Waals surface area contributed by atoms with Gasteiger partial charge in [-0.05, 0) is 44.5 Å². The van der Waals surface area contributed by atoms with Crippen LogP contribution in [0.2, 0.25) is 0 Å². The highest BCUT2D eigenvalue weighted by Gasteiger charge is 2.09. The number of hydrogen-bond donors (Lipinski definition) is 1. The highest BCUT2D eigenvalue weighted by atomic mass is 16.5. The minimum Gasteiger partial charge on any atom is -0.491 e. The number of aryl methyl sites for hydroxylation is 1. The van der Waals surface area contributed by atoms with E-state index in [4.69, 9.17) is 10.5 Å². The first-order valence-corrected chi connectivity index (χ1v) is 6.39. The molecule has 0 saturated carbocycles. The van der Waals surface area contributed by atoms with Gasteiger partial charge in [-0.2, -0.15) is 0 Å². The van der Waals surface area contributed by atoms with E-state index in [0.717, 1.165) is 28.3 Å². The smallest absolute Gasteiger partial charge is 0.122 e. The number of benzene rings is 1. The van der Waals surface area contributed by atoms with Crippen LogP contribution in [0.3, 0.4) is 0 Å². The van der Waals surface area contributed by atoms with Crippen LogP contribution in [-0.4, -0.2) is 16.1 Å². The Morgan fingerprint density at radius 1 is 1.21 bits per heavy atom. The first kappa shape index (κ1) is 13.5. The molecule has 2 aromatic rings. The Kier molecular flexibility index (Phi) is 4.12. The molecule has 0 bridgehead atoms. The largest absolute Gasteiger partial charge is 0.491 e. The van der Waals surface area contributed by atoms with Gasteiger partial charge in [0.2, 0.25) is 0 Å². The lowest BCUT2D eigenvalue weighted by Gasteiger charge is -2.13. The molecule has 0 aliphatic rings. The van der Waals surface area contributed by atoms with Crippen molar-refractivity contribution in [1.29, 1.82) is 0 Å². The Labute approximate surface area is 113 Å². The molecule has 19 heavy (non-hydrogen) atoms. The lowest BCUT2D eigenvalue weighted by Crippen LogP contribution is -2.07. The molecule has 1 aromatic heterocycles. The van der Waals surface area contributed by atoms with E-state index in [1.54, 1.807) is 12.4 Å². The SMILES string of the molecule is Cc1cc(-c2nccnc2CN)ccc1OC(C)C. The molecule has 1 aromatic carbocycles. The molecule has 0 aliphatic heterocycles. The third-order valence-corrected chi connectivity index (χ3v) is 2.78. The zero-order chi connectivity index (χ0) is 13.8. The van der Waals surface area contributed by atoms with Crippen molar-refractivity contribution < 1.29 is 4.74 Å². The van der Waals surface area contributed by atoms with E-state index in [9.17, 15) is 0 Å². The van der Waals surface area contributed by atoms with Crippen LogP contribution in [0.15, 0.2) is 30.6 Å². The highest BCUT2D eigenvalue weighted by molar-refractivity contribution is 5.63. The number of nitrogens with zero attached hydrogens (tertiary/aromatic N) is 2. The minimum absolute atomic E-state index is 0.167. The zero-order valence-corrected chi connectivity index (χ0v) is 11.6. The van der Waals surface area contributed by atoms with Crippen LogP contribution >= 0.6 is 0 Å². The van der Waals surface area contributed by atoms with Crippen LogP contribution in [-0.2, 0) is 6.54 Å². The average molecular weight is 257 g/mol. The van der Waals surface area contributed by atoms with E-state index in [0.29, 0.717) is 6.54 Å². The van der Waals surface area contributed by atoms with Crippen LogP contribution in [0.1, 0.15) is 25.1 Å². The molecule has 4 heteroatoms. The lowest BCUT2D eigenvalue weighted by atomic mass is 10.1. The van der Waals surface area contributed by atoms with Crippen molar-refractivity contribution in [3.8, 4) is 17.0 Å². The first-order valence-electron chi connectivity index (χ1n) is 6.39. The van der Waals surface area contributed by atoms with Crippen LogP contribution < -0.4 is 10.5 Å². The second-order valence-corrected chi connectivity index (χ2v) is 4.70. The van der Waals surface area contributed by atoms with Crippen molar-refractivity contribution >= 4 is 0 Å². The van der Waals surface area contributed by atoms with Gasteiger partial charge in [-0.25, -0.2) is 0 Å².